The fourth-order valence-corrected chi connectivity index (χ4v) is 4.91. The van der Waals surface area contributed by atoms with Crippen LogP contribution in [0.5, 0.6) is 0 Å². The third-order valence-electron chi connectivity index (χ3n) is 6.16. The summed E-state index contributed by atoms with van der Waals surface area (Å²) in [6.07, 6.45) is 1.76. The summed E-state index contributed by atoms with van der Waals surface area (Å²) in [4.78, 5) is 28.6. The number of anilines is 1. The van der Waals surface area contributed by atoms with Gasteiger partial charge in [0.1, 0.15) is 12.6 Å². The molecular weight excluding hydrogens is 524 g/mol. The van der Waals surface area contributed by atoms with E-state index in [9.17, 15) is 26.8 Å². The smallest absolute Gasteiger partial charge is 0.244 e. The lowest BCUT2D eigenvalue weighted by Gasteiger charge is -2.33. The Morgan fingerprint density at radius 1 is 0.923 bits per heavy atom. The van der Waals surface area contributed by atoms with Crippen LogP contribution in [-0.4, -0.2) is 50.5 Å². The van der Waals surface area contributed by atoms with Crippen LogP contribution in [0.3, 0.4) is 0 Å². The molecule has 2 amide bonds. The van der Waals surface area contributed by atoms with Gasteiger partial charge in [0.25, 0.3) is 0 Å². The first-order valence-corrected chi connectivity index (χ1v) is 14.4. The molecule has 1 N–H and O–H groups in total. The minimum atomic E-state index is -4.08. The predicted octanol–water partition coefficient (Wildman–Crippen LogP) is 4.21. The number of aryl methyl sites for hydroxylation is 1. The largest absolute Gasteiger partial charge is 0.354 e. The standard InChI is InChI=1S/C29H33F2N3O4S/c1-4-16-32-29(36)27(17-22-8-6-5-7-9-22)33(19-23-12-10-21(2)11-13-23)28(35)20-34(39(3,37)38)24-14-15-25(30)26(31)18-24/h5-15,18,27H,4,16-17,19-20H2,1-3H3,(H,32,36)/t27-/m1/s1. The lowest BCUT2D eigenvalue weighted by Crippen LogP contribution is -2.53. The predicted molar refractivity (Wildman–Crippen MR) is 148 cm³/mol. The van der Waals surface area contributed by atoms with Crippen molar-refractivity contribution >= 4 is 27.5 Å². The Kier molecular flexibility index (Phi) is 10.2. The summed E-state index contributed by atoms with van der Waals surface area (Å²) in [5.41, 5.74) is 2.38. The average Bonchev–Trinajstić information content (AvgIpc) is 2.90. The van der Waals surface area contributed by atoms with E-state index in [-0.39, 0.29) is 24.6 Å². The Bertz CT molecular complexity index is 1380. The number of carbonyl (C=O) groups is 2. The first-order chi connectivity index (χ1) is 18.5. The van der Waals surface area contributed by atoms with Crippen molar-refractivity contribution in [2.45, 2.75) is 39.3 Å². The molecule has 0 unspecified atom stereocenters. The van der Waals surface area contributed by atoms with E-state index < -0.39 is 40.2 Å². The Balaban J connectivity index is 2.04. The number of halogens is 2. The van der Waals surface area contributed by atoms with Gasteiger partial charge in [-0.2, -0.15) is 0 Å². The zero-order valence-electron chi connectivity index (χ0n) is 22.2. The van der Waals surface area contributed by atoms with Crippen LogP contribution in [0.15, 0.2) is 72.8 Å². The molecule has 0 heterocycles. The summed E-state index contributed by atoms with van der Waals surface area (Å²) in [5.74, 6) is -3.43. The van der Waals surface area contributed by atoms with Crippen molar-refractivity contribution < 1.29 is 26.8 Å². The number of amides is 2. The van der Waals surface area contributed by atoms with Crippen LogP contribution in [0.1, 0.15) is 30.0 Å². The van der Waals surface area contributed by atoms with Crippen LogP contribution in [0.2, 0.25) is 0 Å². The average molecular weight is 558 g/mol. The van der Waals surface area contributed by atoms with Crippen LogP contribution in [0.4, 0.5) is 14.5 Å². The van der Waals surface area contributed by atoms with Crippen LogP contribution in [-0.2, 0) is 32.6 Å². The summed E-state index contributed by atoms with van der Waals surface area (Å²) < 4.78 is 53.6. The van der Waals surface area contributed by atoms with Gasteiger partial charge in [0, 0.05) is 25.6 Å². The number of nitrogens with one attached hydrogen (secondary N) is 1. The molecule has 10 heteroatoms. The Morgan fingerprint density at radius 2 is 1.59 bits per heavy atom. The van der Waals surface area contributed by atoms with Crippen LogP contribution in [0, 0.1) is 18.6 Å². The Morgan fingerprint density at radius 3 is 2.18 bits per heavy atom. The molecule has 1 atom stereocenters. The molecule has 3 aromatic rings. The van der Waals surface area contributed by atoms with Crippen molar-refractivity contribution in [1.82, 2.24) is 10.2 Å². The molecule has 7 nitrogen and oxygen atoms in total. The van der Waals surface area contributed by atoms with Crippen molar-refractivity contribution in [2.24, 2.45) is 0 Å². The lowest BCUT2D eigenvalue weighted by molar-refractivity contribution is -0.140. The molecule has 0 aliphatic carbocycles. The van der Waals surface area contributed by atoms with Crippen molar-refractivity contribution in [2.75, 3.05) is 23.7 Å². The highest BCUT2D eigenvalue weighted by Crippen LogP contribution is 2.22. The monoisotopic (exact) mass is 557 g/mol. The highest BCUT2D eigenvalue weighted by Gasteiger charge is 2.33. The second kappa shape index (κ2) is 13.3. The lowest BCUT2D eigenvalue weighted by atomic mass is 10.0. The van der Waals surface area contributed by atoms with Gasteiger partial charge in [0.2, 0.25) is 21.8 Å². The number of benzene rings is 3. The van der Waals surface area contributed by atoms with Crippen molar-refractivity contribution in [1.29, 1.82) is 0 Å². The van der Waals surface area contributed by atoms with Gasteiger partial charge in [-0.25, -0.2) is 17.2 Å². The van der Waals surface area contributed by atoms with E-state index in [1.54, 1.807) is 0 Å². The third-order valence-corrected chi connectivity index (χ3v) is 7.30. The minimum absolute atomic E-state index is 0.0333. The quantitative estimate of drug-likeness (QED) is 0.362. The number of sulfonamides is 1. The molecule has 3 rings (SSSR count). The third kappa shape index (κ3) is 8.35. The normalized spacial score (nSPS) is 12.0. The molecule has 0 fully saturated rings. The summed E-state index contributed by atoms with van der Waals surface area (Å²) in [7, 11) is -4.08. The highest BCUT2D eigenvalue weighted by atomic mass is 32.2. The van der Waals surface area contributed by atoms with E-state index in [0.717, 1.165) is 41.1 Å². The van der Waals surface area contributed by atoms with E-state index in [1.807, 2.05) is 68.4 Å². The van der Waals surface area contributed by atoms with Gasteiger partial charge >= 0.3 is 0 Å². The first kappa shape index (κ1) is 29.8. The zero-order chi connectivity index (χ0) is 28.6. The van der Waals surface area contributed by atoms with Gasteiger partial charge in [-0.1, -0.05) is 67.1 Å². The highest BCUT2D eigenvalue weighted by molar-refractivity contribution is 7.92. The second-order valence-electron chi connectivity index (χ2n) is 9.37. The second-order valence-corrected chi connectivity index (χ2v) is 11.3. The van der Waals surface area contributed by atoms with Crippen molar-refractivity contribution in [3.8, 4) is 0 Å². The molecule has 0 aromatic heterocycles. The van der Waals surface area contributed by atoms with E-state index in [4.69, 9.17) is 0 Å². The fourth-order valence-electron chi connectivity index (χ4n) is 4.06. The SMILES string of the molecule is CCCNC(=O)[C@@H](Cc1ccccc1)N(Cc1ccc(C)cc1)C(=O)CN(c1ccc(F)c(F)c1)S(C)(=O)=O. The number of hydrogen-bond donors (Lipinski definition) is 1. The van der Waals surface area contributed by atoms with E-state index >= 15 is 0 Å². The van der Waals surface area contributed by atoms with E-state index in [0.29, 0.717) is 17.3 Å². The summed E-state index contributed by atoms with van der Waals surface area (Å²) in [6, 6.07) is 18.3. The number of nitrogens with zero attached hydrogens (tertiary/aromatic N) is 2. The molecule has 0 radical (unpaired) electrons. The molecule has 0 saturated heterocycles. The van der Waals surface area contributed by atoms with E-state index in [2.05, 4.69) is 5.32 Å². The van der Waals surface area contributed by atoms with Gasteiger partial charge < -0.3 is 10.2 Å². The molecule has 208 valence electrons. The topological polar surface area (TPSA) is 86.8 Å². The zero-order valence-corrected chi connectivity index (χ0v) is 23.0. The van der Waals surface area contributed by atoms with Gasteiger partial charge in [-0.05, 0) is 36.6 Å². The molecule has 0 bridgehead atoms. The van der Waals surface area contributed by atoms with Gasteiger partial charge in [0.05, 0.1) is 11.9 Å². The van der Waals surface area contributed by atoms with Gasteiger partial charge in [-0.15, -0.1) is 0 Å². The maximum atomic E-state index is 14.0. The van der Waals surface area contributed by atoms with Crippen LogP contribution < -0.4 is 9.62 Å². The van der Waals surface area contributed by atoms with Crippen LogP contribution >= 0.6 is 0 Å². The maximum absolute atomic E-state index is 14.0. The van der Waals surface area contributed by atoms with Crippen molar-refractivity contribution in [3.63, 3.8) is 0 Å². The molecule has 0 aliphatic heterocycles. The molecule has 3 aromatic carbocycles. The first-order valence-electron chi connectivity index (χ1n) is 12.6. The molecule has 0 aliphatic rings. The maximum Gasteiger partial charge on any atom is 0.244 e. The van der Waals surface area contributed by atoms with Gasteiger partial charge in [0.15, 0.2) is 11.6 Å². The Hall–Kier alpha value is -3.79. The summed E-state index contributed by atoms with van der Waals surface area (Å²) >= 11 is 0. The Labute approximate surface area is 228 Å². The number of carbonyl (C=O) groups excluding carboxylic acids is 2. The molecule has 0 spiro atoms. The molecule has 0 saturated carbocycles. The van der Waals surface area contributed by atoms with E-state index in [1.165, 1.54) is 4.90 Å². The number of rotatable bonds is 12. The minimum Gasteiger partial charge on any atom is -0.354 e. The number of hydrogen-bond acceptors (Lipinski definition) is 4. The van der Waals surface area contributed by atoms with Crippen LogP contribution in [0.25, 0.3) is 0 Å². The molecular formula is C29H33F2N3O4S. The summed E-state index contributed by atoms with van der Waals surface area (Å²) in [5, 5.41) is 2.86. The molecule has 39 heavy (non-hydrogen) atoms. The van der Waals surface area contributed by atoms with Gasteiger partial charge in [-0.3, -0.25) is 13.9 Å². The fraction of sp³-hybridized carbons (Fsp3) is 0.310. The van der Waals surface area contributed by atoms with Crippen molar-refractivity contribution in [3.05, 3.63) is 101 Å². The summed E-state index contributed by atoms with van der Waals surface area (Å²) in [6.45, 7) is 3.57.